The normalized spacial score (nSPS) is 24.9. The average molecular weight is 504 g/mol. The Hall–Kier alpha value is -2.51. The predicted octanol–water partition coefficient (Wildman–Crippen LogP) is 0.434. The number of alkyl halides is 1. The third-order valence-electron chi connectivity index (χ3n) is 4.87. The lowest BCUT2D eigenvalue weighted by Gasteiger charge is -2.53. The first-order valence-electron chi connectivity index (χ1n) is 9.11. The molecular formula is C18H18ClN3O8S2. The summed E-state index contributed by atoms with van der Waals surface area (Å²) in [6.45, 7) is -0.122. The largest absolute Gasteiger partial charge is 0.481 e. The van der Waals surface area contributed by atoms with Crippen molar-refractivity contribution in [2.24, 2.45) is 10.6 Å². The van der Waals surface area contributed by atoms with Crippen molar-refractivity contribution in [2.75, 3.05) is 31.0 Å². The number of fused-ring (bicyclic) bond motifs is 1. The number of amides is 2. The number of nitrogens with one attached hydrogen (secondary N) is 1. The first-order chi connectivity index (χ1) is 15.2. The molecule has 3 heterocycles. The van der Waals surface area contributed by atoms with Gasteiger partial charge in [-0.3, -0.25) is 24.0 Å². The number of Topliss-reactive ketones (excluding diaryl/α,β-unsaturated/α-hetero) is 1. The lowest BCUT2D eigenvalue weighted by Crippen LogP contribution is -2.74. The minimum Gasteiger partial charge on any atom is -0.481 e. The van der Waals surface area contributed by atoms with Gasteiger partial charge in [-0.1, -0.05) is 16.9 Å². The van der Waals surface area contributed by atoms with E-state index in [4.69, 9.17) is 16.0 Å². The number of oxime groups is 1. The molecule has 0 aromatic carbocycles. The van der Waals surface area contributed by atoms with Crippen LogP contribution in [-0.2, 0) is 24.0 Å². The van der Waals surface area contributed by atoms with Crippen molar-refractivity contribution in [1.82, 2.24) is 10.2 Å². The lowest BCUT2D eigenvalue weighted by atomic mass is 9.89. The molecule has 1 aromatic heterocycles. The van der Waals surface area contributed by atoms with Crippen molar-refractivity contribution in [1.29, 1.82) is 0 Å². The highest BCUT2D eigenvalue weighted by molar-refractivity contribution is 8.14. The van der Waals surface area contributed by atoms with Gasteiger partial charge in [0.2, 0.25) is 17.4 Å². The van der Waals surface area contributed by atoms with E-state index >= 15 is 0 Å². The first kappa shape index (κ1) is 24.1. The number of carbonyl (C=O) groups excluding carboxylic acids is 4. The van der Waals surface area contributed by atoms with Gasteiger partial charge in [0.15, 0.2) is 5.76 Å². The Labute approximate surface area is 195 Å². The lowest BCUT2D eigenvalue weighted by molar-refractivity contribution is -0.157. The minimum atomic E-state index is -1.35. The molecule has 2 saturated heterocycles. The Kier molecular flexibility index (Phi) is 7.51. The summed E-state index contributed by atoms with van der Waals surface area (Å²) in [5.41, 5.74) is -1.92. The fourth-order valence-corrected chi connectivity index (χ4v) is 5.94. The third-order valence-corrected chi connectivity index (χ3v) is 7.86. The second-order valence-electron chi connectivity index (χ2n) is 6.94. The van der Waals surface area contributed by atoms with Crippen LogP contribution in [0.1, 0.15) is 10.6 Å². The summed E-state index contributed by atoms with van der Waals surface area (Å²) in [6.07, 6.45) is 1.35. The Bertz CT molecular complexity index is 969. The van der Waals surface area contributed by atoms with Crippen molar-refractivity contribution in [2.45, 2.75) is 11.4 Å². The van der Waals surface area contributed by atoms with Gasteiger partial charge in [-0.05, 0) is 12.1 Å². The van der Waals surface area contributed by atoms with E-state index in [1.165, 1.54) is 29.0 Å². The Morgan fingerprint density at radius 2 is 2.22 bits per heavy atom. The summed E-state index contributed by atoms with van der Waals surface area (Å²) in [4.78, 5) is 66.8. The van der Waals surface area contributed by atoms with E-state index in [1.54, 1.807) is 6.07 Å². The summed E-state index contributed by atoms with van der Waals surface area (Å²) in [6, 6.07) is 2.08. The molecule has 2 aliphatic heterocycles. The highest BCUT2D eigenvalue weighted by Crippen LogP contribution is 2.44. The predicted molar refractivity (Wildman–Crippen MR) is 116 cm³/mol. The highest BCUT2D eigenvalue weighted by Gasteiger charge is 2.57. The van der Waals surface area contributed by atoms with Gasteiger partial charge in [-0.15, -0.1) is 23.4 Å². The average Bonchev–Trinajstić information content (AvgIpc) is 3.33. The van der Waals surface area contributed by atoms with E-state index in [1.807, 2.05) is 0 Å². The number of hydrogen-bond acceptors (Lipinski definition) is 10. The van der Waals surface area contributed by atoms with Crippen LogP contribution in [0.25, 0.3) is 0 Å². The number of β-lactam (4-membered cyclic amide) rings is 1. The second-order valence-corrected chi connectivity index (χ2v) is 9.26. The van der Waals surface area contributed by atoms with E-state index < -0.39 is 57.1 Å². The molecular weight excluding hydrogens is 486 g/mol. The monoisotopic (exact) mass is 503 g/mol. The molecule has 2 aliphatic rings. The highest BCUT2D eigenvalue weighted by atomic mass is 35.5. The number of nitrogens with zero attached hydrogens (tertiary/aromatic N) is 2. The maximum Gasteiger partial charge on any atom is 0.313 e. The number of carbonyl (C=O) groups is 5. The van der Waals surface area contributed by atoms with Crippen LogP contribution in [0.2, 0.25) is 0 Å². The number of ketones is 1. The van der Waals surface area contributed by atoms with Crippen molar-refractivity contribution in [3.63, 3.8) is 0 Å². The van der Waals surface area contributed by atoms with Gasteiger partial charge < -0.3 is 24.6 Å². The molecule has 0 saturated carbocycles. The van der Waals surface area contributed by atoms with Gasteiger partial charge >= 0.3 is 5.97 Å². The molecule has 0 bridgehead atoms. The zero-order chi connectivity index (χ0) is 23.5. The van der Waals surface area contributed by atoms with Crippen LogP contribution < -0.4 is 5.32 Å². The molecule has 3 atom stereocenters. The molecule has 1 aromatic rings. The molecule has 2 unspecified atom stereocenters. The maximum absolute atomic E-state index is 12.6. The van der Waals surface area contributed by atoms with Gasteiger partial charge in [0.25, 0.3) is 11.0 Å². The van der Waals surface area contributed by atoms with E-state index in [0.717, 1.165) is 18.9 Å². The number of thioether (sulfide) groups is 2. The van der Waals surface area contributed by atoms with Crippen LogP contribution in [-0.4, -0.2) is 86.9 Å². The van der Waals surface area contributed by atoms with Gasteiger partial charge in [-0.25, -0.2) is 0 Å². The smallest absolute Gasteiger partial charge is 0.313 e. The summed E-state index contributed by atoms with van der Waals surface area (Å²) >= 11 is 7.44. The number of aliphatic carboxylic acids is 1. The summed E-state index contributed by atoms with van der Waals surface area (Å²) in [7, 11) is 1.15. The van der Waals surface area contributed by atoms with E-state index in [2.05, 4.69) is 15.3 Å². The molecule has 2 N–H and O–H groups in total. The molecule has 11 nitrogen and oxygen atoms in total. The molecule has 172 valence electrons. The molecule has 3 rings (SSSR count). The number of carboxylic acid groups (broad SMARTS) is 1. The topological polar surface area (TPSA) is 156 Å². The maximum atomic E-state index is 12.6. The number of carboxylic acids is 1. The fourth-order valence-electron chi connectivity index (χ4n) is 3.16. The second kappa shape index (κ2) is 9.96. The molecule has 0 spiro atoms. The van der Waals surface area contributed by atoms with Crippen LogP contribution in [0.3, 0.4) is 0 Å². The zero-order valence-corrected chi connectivity index (χ0v) is 19.0. The van der Waals surface area contributed by atoms with Crippen molar-refractivity contribution >= 4 is 69.5 Å². The number of hydrogen-bond donors (Lipinski definition) is 2. The molecule has 32 heavy (non-hydrogen) atoms. The molecule has 0 aliphatic carbocycles. The fraction of sp³-hybridized carbons (Fsp3) is 0.444. The van der Waals surface area contributed by atoms with Crippen molar-refractivity contribution in [3.05, 3.63) is 24.2 Å². The van der Waals surface area contributed by atoms with Gasteiger partial charge in [0, 0.05) is 18.1 Å². The van der Waals surface area contributed by atoms with Crippen LogP contribution in [0, 0.1) is 5.41 Å². The van der Waals surface area contributed by atoms with Crippen LogP contribution in [0.4, 0.5) is 0 Å². The van der Waals surface area contributed by atoms with Crippen LogP contribution >= 0.6 is 35.1 Å². The molecule has 2 fully saturated rings. The van der Waals surface area contributed by atoms with Crippen molar-refractivity contribution in [3.8, 4) is 0 Å². The van der Waals surface area contributed by atoms with E-state index in [0.29, 0.717) is 0 Å². The zero-order valence-electron chi connectivity index (χ0n) is 16.6. The number of halogens is 1. The Morgan fingerprint density at radius 3 is 2.81 bits per heavy atom. The number of furan rings is 1. The standard InChI is InChI=1S/C18H18ClN3O8S2/c1-29-21-11(9(23)5-19)13(24)20-12-14(25)22-6-18(17(27)28,7-31-15(12)22)8-32-16(26)10-3-2-4-30-10/h2-4,12,15H,5-8H2,1H3,(H,20,24)(H,27,28)/t12?,15-,18?/m1/s1. The van der Waals surface area contributed by atoms with Crippen molar-refractivity contribution < 1.29 is 38.3 Å². The first-order valence-corrected chi connectivity index (χ1v) is 11.7. The minimum absolute atomic E-state index is 0.0583. The van der Waals surface area contributed by atoms with Crippen LogP contribution in [0.5, 0.6) is 0 Å². The van der Waals surface area contributed by atoms with E-state index in [9.17, 15) is 29.1 Å². The SMILES string of the molecule is CON=C(C(=O)CCl)C(=O)NC1C(=O)N2CC(CSC(=O)c3ccco3)(C(=O)O)CS[C@H]12. The number of rotatable bonds is 9. The van der Waals surface area contributed by atoms with Crippen LogP contribution in [0.15, 0.2) is 28.0 Å². The quantitative estimate of drug-likeness (QED) is 0.159. The van der Waals surface area contributed by atoms with E-state index in [-0.39, 0.29) is 23.8 Å². The summed E-state index contributed by atoms with van der Waals surface area (Å²) in [5.74, 6) is -3.64. The third kappa shape index (κ3) is 4.64. The van der Waals surface area contributed by atoms with Gasteiger partial charge in [0.05, 0.1) is 12.1 Å². The summed E-state index contributed by atoms with van der Waals surface area (Å²) < 4.78 is 5.03. The molecule has 2 amide bonds. The Morgan fingerprint density at radius 1 is 1.47 bits per heavy atom. The Balaban J connectivity index is 1.65. The molecule has 14 heteroatoms. The molecule has 0 radical (unpaired) electrons. The summed E-state index contributed by atoms with van der Waals surface area (Å²) in [5, 5.41) is 14.7. The van der Waals surface area contributed by atoms with Gasteiger partial charge in [0.1, 0.15) is 23.9 Å². The van der Waals surface area contributed by atoms with Gasteiger partial charge in [-0.2, -0.15) is 0 Å².